The second-order valence-electron chi connectivity index (χ2n) is 4.99. The highest BCUT2D eigenvalue weighted by Gasteiger charge is 2.21. The van der Waals surface area contributed by atoms with Gasteiger partial charge in [-0.2, -0.15) is 0 Å². The van der Waals surface area contributed by atoms with Crippen molar-refractivity contribution in [2.75, 3.05) is 13.1 Å². The van der Waals surface area contributed by atoms with Crippen LogP contribution in [0.4, 0.5) is 8.78 Å². The minimum absolute atomic E-state index is 0.0379. The predicted molar refractivity (Wildman–Crippen MR) is 77.9 cm³/mol. The number of amides is 1. The molecule has 1 aliphatic rings. The molecule has 3 rings (SSSR count). The predicted octanol–water partition coefficient (Wildman–Crippen LogP) is 3.24. The van der Waals surface area contributed by atoms with Crippen molar-refractivity contribution < 1.29 is 18.3 Å². The molecule has 4 nitrogen and oxygen atoms in total. The number of aromatic nitrogens is 1. The van der Waals surface area contributed by atoms with Crippen LogP contribution in [-0.4, -0.2) is 28.9 Å². The molecule has 0 bridgehead atoms. The van der Waals surface area contributed by atoms with Crippen LogP contribution in [0.5, 0.6) is 5.75 Å². The Bertz CT molecular complexity index is 684. The average molecular weight is 324 g/mol. The molecule has 2 aromatic rings. The summed E-state index contributed by atoms with van der Waals surface area (Å²) in [7, 11) is 0. The molecule has 0 aliphatic carbocycles. The molecule has 1 fully saturated rings. The van der Waals surface area contributed by atoms with Gasteiger partial charge in [0.2, 0.25) is 0 Å². The van der Waals surface area contributed by atoms with Crippen LogP contribution in [0.3, 0.4) is 0 Å². The Morgan fingerprint density at radius 2 is 2.09 bits per heavy atom. The summed E-state index contributed by atoms with van der Waals surface area (Å²) in [5, 5.41) is 2.26. The van der Waals surface area contributed by atoms with Gasteiger partial charge in [0.15, 0.2) is 11.6 Å². The second-order valence-corrected chi connectivity index (χ2v) is 5.93. The third-order valence-corrected chi connectivity index (χ3v) is 4.23. The molecule has 0 atom stereocenters. The third-order valence-electron chi connectivity index (χ3n) is 3.41. The summed E-state index contributed by atoms with van der Waals surface area (Å²) in [4.78, 5) is 18.2. The van der Waals surface area contributed by atoms with E-state index in [0.29, 0.717) is 10.7 Å². The van der Waals surface area contributed by atoms with E-state index in [-0.39, 0.29) is 18.3 Å². The number of hydrogen-bond donors (Lipinski definition) is 0. The normalized spacial score (nSPS) is 14.4. The van der Waals surface area contributed by atoms with Crippen molar-refractivity contribution in [1.29, 1.82) is 0 Å². The standard InChI is InChI=1S/C15H14F2N2O2S/c16-10-3-4-13(11(17)7-10)21-8-14-18-12(9-22-14)15(20)19-5-1-2-6-19/h3-4,7,9H,1-2,5-6,8H2. The van der Waals surface area contributed by atoms with Crippen LogP contribution in [0.25, 0.3) is 0 Å². The molecule has 0 saturated carbocycles. The number of carbonyl (C=O) groups is 1. The minimum atomic E-state index is -0.759. The smallest absolute Gasteiger partial charge is 0.273 e. The van der Waals surface area contributed by atoms with E-state index in [1.807, 2.05) is 0 Å². The van der Waals surface area contributed by atoms with Gasteiger partial charge in [0, 0.05) is 24.5 Å². The molecule has 1 aromatic heterocycles. The van der Waals surface area contributed by atoms with Crippen LogP contribution in [0.2, 0.25) is 0 Å². The first-order valence-electron chi connectivity index (χ1n) is 6.95. The number of halogens is 2. The SMILES string of the molecule is O=C(c1csc(COc2ccc(F)cc2F)n1)N1CCCC1. The van der Waals surface area contributed by atoms with E-state index >= 15 is 0 Å². The molecule has 7 heteroatoms. The first kappa shape index (κ1) is 14.9. The molecule has 1 aromatic carbocycles. The van der Waals surface area contributed by atoms with Gasteiger partial charge in [-0.3, -0.25) is 4.79 Å². The van der Waals surface area contributed by atoms with Crippen LogP contribution in [0, 0.1) is 11.6 Å². The Morgan fingerprint density at radius 3 is 2.82 bits per heavy atom. The van der Waals surface area contributed by atoms with Gasteiger partial charge >= 0.3 is 0 Å². The van der Waals surface area contributed by atoms with Crippen molar-refractivity contribution >= 4 is 17.2 Å². The molecule has 22 heavy (non-hydrogen) atoms. The van der Waals surface area contributed by atoms with Gasteiger partial charge in [0.05, 0.1) is 0 Å². The first-order chi connectivity index (χ1) is 10.6. The topological polar surface area (TPSA) is 42.4 Å². The van der Waals surface area contributed by atoms with E-state index in [0.717, 1.165) is 38.1 Å². The minimum Gasteiger partial charge on any atom is -0.483 e. The number of rotatable bonds is 4. The molecule has 1 amide bonds. The maximum atomic E-state index is 13.4. The second kappa shape index (κ2) is 6.39. The molecule has 1 aliphatic heterocycles. The largest absolute Gasteiger partial charge is 0.483 e. The lowest BCUT2D eigenvalue weighted by Crippen LogP contribution is -2.27. The van der Waals surface area contributed by atoms with Gasteiger partial charge in [-0.25, -0.2) is 13.8 Å². The summed E-state index contributed by atoms with van der Waals surface area (Å²) < 4.78 is 31.5. The van der Waals surface area contributed by atoms with Crippen LogP contribution in [-0.2, 0) is 6.61 Å². The highest BCUT2D eigenvalue weighted by Crippen LogP contribution is 2.21. The molecular weight excluding hydrogens is 310 g/mol. The zero-order valence-corrected chi connectivity index (χ0v) is 12.5. The highest BCUT2D eigenvalue weighted by molar-refractivity contribution is 7.09. The van der Waals surface area contributed by atoms with Gasteiger partial charge in [-0.05, 0) is 25.0 Å². The lowest BCUT2D eigenvalue weighted by Gasteiger charge is -2.12. The molecule has 0 unspecified atom stereocenters. The number of likely N-dealkylation sites (tertiary alicyclic amines) is 1. The van der Waals surface area contributed by atoms with E-state index in [1.54, 1.807) is 10.3 Å². The van der Waals surface area contributed by atoms with Gasteiger partial charge < -0.3 is 9.64 Å². The molecule has 0 spiro atoms. The van der Waals surface area contributed by atoms with Crippen molar-refractivity contribution in [2.24, 2.45) is 0 Å². The fourth-order valence-electron chi connectivity index (χ4n) is 2.29. The van der Waals surface area contributed by atoms with Crippen molar-refractivity contribution in [3.63, 3.8) is 0 Å². The number of hydrogen-bond acceptors (Lipinski definition) is 4. The summed E-state index contributed by atoms with van der Waals surface area (Å²) in [6.07, 6.45) is 2.05. The molecular formula is C15H14F2N2O2S. The summed E-state index contributed by atoms with van der Waals surface area (Å²) in [5.74, 6) is -1.53. The lowest BCUT2D eigenvalue weighted by atomic mass is 10.3. The fourth-order valence-corrected chi connectivity index (χ4v) is 2.97. The number of carbonyl (C=O) groups excluding carboxylic acids is 1. The Kier molecular flexibility index (Phi) is 4.33. The first-order valence-corrected chi connectivity index (χ1v) is 7.83. The quantitative estimate of drug-likeness (QED) is 0.867. The highest BCUT2D eigenvalue weighted by atomic mass is 32.1. The van der Waals surface area contributed by atoms with E-state index < -0.39 is 11.6 Å². The zero-order chi connectivity index (χ0) is 15.5. The van der Waals surface area contributed by atoms with Crippen LogP contribution in [0.15, 0.2) is 23.6 Å². The van der Waals surface area contributed by atoms with E-state index in [1.165, 1.54) is 17.4 Å². The average Bonchev–Trinajstić information content (AvgIpc) is 3.17. The van der Waals surface area contributed by atoms with Crippen molar-refractivity contribution in [3.8, 4) is 5.75 Å². The Hall–Kier alpha value is -2.02. The zero-order valence-electron chi connectivity index (χ0n) is 11.7. The summed E-state index contributed by atoms with van der Waals surface area (Å²) in [5.41, 5.74) is 0.394. The summed E-state index contributed by atoms with van der Waals surface area (Å²) in [6.45, 7) is 1.58. The maximum Gasteiger partial charge on any atom is 0.273 e. The molecule has 0 radical (unpaired) electrons. The Balaban J connectivity index is 1.63. The number of thiazole rings is 1. The summed E-state index contributed by atoms with van der Waals surface area (Å²) >= 11 is 1.28. The van der Waals surface area contributed by atoms with Gasteiger partial charge in [-0.1, -0.05) is 0 Å². The molecule has 2 heterocycles. The monoisotopic (exact) mass is 324 g/mol. The van der Waals surface area contributed by atoms with Crippen molar-refractivity contribution in [2.45, 2.75) is 19.4 Å². The van der Waals surface area contributed by atoms with Crippen LogP contribution in [0.1, 0.15) is 28.3 Å². The van der Waals surface area contributed by atoms with Gasteiger partial charge in [0.1, 0.15) is 23.1 Å². The van der Waals surface area contributed by atoms with Gasteiger partial charge in [-0.15, -0.1) is 11.3 Å². The number of nitrogens with zero attached hydrogens (tertiary/aromatic N) is 2. The number of benzene rings is 1. The molecule has 1 saturated heterocycles. The van der Waals surface area contributed by atoms with E-state index in [4.69, 9.17) is 4.74 Å². The van der Waals surface area contributed by atoms with Crippen molar-refractivity contribution in [3.05, 3.63) is 45.9 Å². The number of ether oxygens (including phenoxy) is 1. The van der Waals surface area contributed by atoms with Crippen LogP contribution < -0.4 is 4.74 Å². The van der Waals surface area contributed by atoms with Crippen molar-refractivity contribution in [1.82, 2.24) is 9.88 Å². The molecule has 0 N–H and O–H groups in total. The van der Waals surface area contributed by atoms with E-state index in [9.17, 15) is 13.6 Å². The van der Waals surface area contributed by atoms with Gasteiger partial charge in [0.25, 0.3) is 5.91 Å². The Morgan fingerprint density at radius 1 is 1.32 bits per heavy atom. The third kappa shape index (κ3) is 3.24. The maximum absolute atomic E-state index is 13.4. The van der Waals surface area contributed by atoms with E-state index in [2.05, 4.69) is 4.98 Å². The Labute approximate surface area is 130 Å². The fraction of sp³-hybridized carbons (Fsp3) is 0.333. The molecule has 116 valence electrons. The lowest BCUT2D eigenvalue weighted by molar-refractivity contribution is 0.0787. The summed E-state index contributed by atoms with van der Waals surface area (Å²) in [6, 6.07) is 3.12. The van der Waals surface area contributed by atoms with Crippen LogP contribution >= 0.6 is 11.3 Å².